The Morgan fingerprint density at radius 2 is 1.81 bits per heavy atom. The van der Waals surface area contributed by atoms with E-state index in [0.29, 0.717) is 6.07 Å². The van der Waals surface area contributed by atoms with E-state index in [1.165, 1.54) is 0 Å². The molecule has 0 aliphatic rings. The van der Waals surface area contributed by atoms with Gasteiger partial charge in [0.2, 0.25) is 10.0 Å². The lowest BCUT2D eigenvalue weighted by Gasteiger charge is -2.04. The molecule has 0 atom stereocenters. The van der Waals surface area contributed by atoms with Crippen LogP contribution in [0.2, 0.25) is 0 Å². The zero-order valence-corrected chi connectivity index (χ0v) is 10.2. The monoisotopic (exact) mass is 251 g/mol. The van der Waals surface area contributed by atoms with Gasteiger partial charge in [0.05, 0.1) is 0 Å². The zero-order chi connectivity index (χ0) is 12.8. The van der Waals surface area contributed by atoms with Crippen LogP contribution in [-0.4, -0.2) is 15.0 Å². The van der Waals surface area contributed by atoms with E-state index in [9.17, 15) is 17.2 Å². The Morgan fingerprint density at radius 3 is 2.25 bits per heavy atom. The van der Waals surface area contributed by atoms with Gasteiger partial charge in [0.25, 0.3) is 0 Å². The molecule has 0 spiro atoms. The first kappa shape index (κ1) is 15.0. The standard InChI is InChI=1S/C8H9F2NO2S.C2H6/c1-2-11-14(12,13)8-4-3-6(9)5-7(8)10;1-2/h3-5,11H,2H2,1H3;1-2H3. The van der Waals surface area contributed by atoms with Crippen LogP contribution in [-0.2, 0) is 10.0 Å². The minimum Gasteiger partial charge on any atom is -0.211 e. The van der Waals surface area contributed by atoms with Crippen molar-refractivity contribution in [2.24, 2.45) is 0 Å². The third kappa shape index (κ3) is 3.86. The van der Waals surface area contributed by atoms with E-state index in [4.69, 9.17) is 0 Å². The lowest BCUT2D eigenvalue weighted by atomic mass is 10.3. The van der Waals surface area contributed by atoms with Crippen LogP contribution < -0.4 is 4.72 Å². The van der Waals surface area contributed by atoms with E-state index in [1.807, 2.05) is 13.8 Å². The molecule has 0 radical (unpaired) electrons. The molecule has 0 aliphatic heterocycles. The predicted octanol–water partition coefficient (Wildman–Crippen LogP) is 2.29. The van der Waals surface area contributed by atoms with Crippen molar-refractivity contribution in [3.63, 3.8) is 0 Å². The SMILES string of the molecule is CC.CCNS(=O)(=O)c1ccc(F)cc1F. The average Bonchev–Trinajstić information content (AvgIpc) is 2.19. The van der Waals surface area contributed by atoms with Gasteiger partial charge in [-0.2, -0.15) is 0 Å². The molecule has 0 amide bonds. The van der Waals surface area contributed by atoms with Crippen molar-refractivity contribution < 1.29 is 17.2 Å². The van der Waals surface area contributed by atoms with E-state index < -0.39 is 26.6 Å². The molecular formula is C10H15F2NO2S. The number of benzene rings is 1. The van der Waals surface area contributed by atoms with Crippen molar-refractivity contribution in [1.29, 1.82) is 0 Å². The largest absolute Gasteiger partial charge is 0.243 e. The number of hydrogen-bond acceptors (Lipinski definition) is 2. The first-order valence-corrected chi connectivity index (χ1v) is 6.40. The molecular weight excluding hydrogens is 236 g/mol. The van der Waals surface area contributed by atoms with Crippen molar-refractivity contribution >= 4 is 10.0 Å². The molecule has 1 aromatic rings. The number of rotatable bonds is 3. The molecule has 0 aliphatic carbocycles. The van der Waals surface area contributed by atoms with Gasteiger partial charge in [-0.25, -0.2) is 21.9 Å². The molecule has 0 saturated heterocycles. The van der Waals surface area contributed by atoms with Crippen LogP contribution in [0.25, 0.3) is 0 Å². The fourth-order valence-corrected chi connectivity index (χ4v) is 2.06. The number of hydrogen-bond donors (Lipinski definition) is 1. The third-order valence-electron chi connectivity index (χ3n) is 1.52. The summed E-state index contributed by atoms with van der Waals surface area (Å²) in [6, 6.07) is 2.32. The van der Waals surface area contributed by atoms with Crippen LogP contribution in [0.1, 0.15) is 20.8 Å². The van der Waals surface area contributed by atoms with Crippen LogP contribution in [0.4, 0.5) is 8.78 Å². The minimum atomic E-state index is -3.85. The van der Waals surface area contributed by atoms with Crippen LogP contribution >= 0.6 is 0 Å². The van der Waals surface area contributed by atoms with E-state index in [1.54, 1.807) is 6.92 Å². The molecule has 0 bridgehead atoms. The fourth-order valence-electron chi connectivity index (χ4n) is 0.961. The van der Waals surface area contributed by atoms with Crippen molar-refractivity contribution in [1.82, 2.24) is 4.72 Å². The summed E-state index contributed by atoms with van der Waals surface area (Å²) in [5.41, 5.74) is 0. The van der Waals surface area contributed by atoms with Gasteiger partial charge >= 0.3 is 0 Å². The minimum absolute atomic E-state index is 0.152. The highest BCUT2D eigenvalue weighted by atomic mass is 32.2. The van der Waals surface area contributed by atoms with Crippen LogP contribution in [0.5, 0.6) is 0 Å². The Bertz CT molecular complexity index is 432. The smallest absolute Gasteiger partial charge is 0.211 e. The van der Waals surface area contributed by atoms with Crippen molar-refractivity contribution in [2.75, 3.05) is 6.54 Å². The molecule has 6 heteroatoms. The maximum atomic E-state index is 13.0. The topological polar surface area (TPSA) is 46.2 Å². The summed E-state index contributed by atoms with van der Waals surface area (Å²) in [5, 5.41) is 0. The van der Waals surface area contributed by atoms with Crippen LogP contribution in [0.3, 0.4) is 0 Å². The quantitative estimate of drug-likeness (QED) is 0.896. The van der Waals surface area contributed by atoms with E-state index in [0.717, 1.165) is 12.1 Å². The second kappa shape index (κ2) is 6.55. The first-order chi connectivity index (χ1) is 7.47. The summed E-state index contributed by atoms with van der Waals surface area (Å²) in [4.78, 5) is -0.541. The summed E-state index contributed by atoms with van der Waals surface area (Å²) in [6.07, 6.45) is 0. The maximum Gasteiger partial charge on any atom is 0.243 e. The fraction of sp³-hybridized carbons (Fsp3) is 0.400. The summed E-state index contributed by atoms with van der Waals surface area (Å²) >= 11 is 0. The third-order valence-corrected chi connectivity index (χ3v) is 3.10. The van der Waals surface area contributed by atoms with Gasteiger partial charge in [0, 0.05) is 12.6 Å². The maximum absolute atomic E-state index is 13.0. The normalized spacial score (nSPS) is 10.6. The van der Waals surface area contributed by atoms with Crippen LogP contribution in [0, 0.1) is 11.6 Å². The highest BCUT2D eigenvalue weighted by molar-refractivity contribution is 7.89. The Labute approximate surface area is 94.5 Å². The predicted molar refractivity (Wildman–Crippen MR) is 58.6 cm³/mol. The summed E-state index contributed by atoms with van der Waals surface area (Å²) in [7, 11) is -3.85. The highest BCUT2D eigenvalue weighted by Crippen LogP contribution is 2.14. The summed E-state index contributed by atoms with van der Waals surface area (Å²) in [5.74, 6) is -1.90. The van der Waals surface area contributed by atoms with E-state index >= 15 is 0 Å². The van der Waals surface area contributed by atoms with Gasteiger partial charge < -0.3 is 0 Å². The first-order valence-electron chi connectivity index (χ1n) is 4.92. The number of nitrogens with one attached hydrogen (secondary N) is 1. The molecule has 1 N–H and O–H groups in total. The Hall–Kier alpha value is -1.01. The lowest BCUT2D eigenvalue weighted by molar-refractivity contribution is 0.544. The molecule has 1 rings (SSSR count). The van der Waals surface area contributed by atoms with Gasteiger partial charge in [-0.05, 0) is 12.1 Å². The van der Waals surface area contributed by atoms with Gasteiger partial charge in [-0.1, -0.05) is 20.8 Å². The molecule has 0 fully saturated rings. The molecule has 0 aromatic heterocycles. The van der Waals surface area contributed by atoms with Gasteiger partial charge in [0.1, 0.15) is 16.5 Å². The highest BCUT2D eigenvalue weighted by Gasteiger charge is 2.17. The van der Waals surface area contributed by atoms with Crippen LogP contribution in [0.15, 0.2) is 23.1 Å². The molecule has 0 saturated carbocycles. The zero-order valence-electron chi connectivity index (χ0n) is 9.42. The Morgan fingerprint density at radius 1 is 1.25 bits per heavy atom. The molecule has 16 heavy (non-hydrogen) atoms. The second-order valence-electron chi connectivity index (χ2n) is 2.58. The van der Waals surface area contributed by atoms with E-state index in [-0.39, 0.29) is 6.54 Å². The van der Waals surface area contributed by atoms with Gasteiger partial charge in [0.15, 0.2) is 0 Å². The van der Waals surface area contributed by atoms with Gasteiger partial charge in [-0.3, -0.25) is 0 Å². The van der Waals surface area contributed by atoms with Gasteiger partial charge in [-0.15, -0.1) is 0 Å². The average molecular weight is 251 g/mol. The Balaban J connectivity index is 0.00000106. The lowest BCUT2D eigenvalue weighted by Crippen LogP contribution is -2.24. The van der Waals surface area contributed by atoms with Crippen molar-refractivity contribution in [3.05, 3.63) is 29.8 Å². The molecule has 0 unspecified atom stereocenters. The van der Waals surface area contributed by atoms with E-state index in [2.05, 4.69) is 4.72 Å². The molecule has 0 heterocycles. The van der Waals surface area contributed by atoms with Crippen molar-refractivity contribution in [2.45, 2.75) is 25.7 Å². The number of sulfonamides is 1. The van der Waals surface area contributed by atoms with Crippen molar-refractivity contribution in [3.8, 4) is 0 Å². The summed E-state index contributed by atoms with van der Waals surface area (Å²) in [6.45, 7) is 5.72. The molecule has 1 aromatic carbocycles. The second-order valence-corrected chi connectivity index (χ2v) is 4.31. The molecule has 3 nitrogen and oxygen atoms in total. The number of halogens is 2. The molecule has 92 valence electrons. The summed E-state index contributed by atoms with van der Waals surface area (Å²) < 4.78 is 50.2. The Kier molecular flexibility index (Phi) is 6.13.